The molecule has 0 fully saturated rings. The van der Waals surface area contributed by atoms with Crippen molar-refractivity contribution in [2.75, 3.05) is 30.8 Å². The first kappa shape index (κ1) is 31.0. The van der Waals surface area contributed by atoms with Crippen LogP contribution >= 0.6 is 11.6 Å². The van der Waals surface area contributed by atoms with Crippen LogP contribution in [0.3, 0.4) is 0 Å². The van der Waals surface area contributed by atoms with Crippen molar-refractivity contribution in [1.29, 1.82) is 0 Å². The molecule has 10 heteroatoms. The summed E-state index contributed by atoms with van der Waals surface area (Å²) in [5.41, 5.74) is 2.21. The molecule has 0 heterocycles. The smallest absolute Gasteiger partial charge is 0.243 e. The number of sulfonamides is 1. The van der Waals surface area contributed by atoms with Gasteiger partial charge in [-0.25, -0.2) is 8.42 Å². The molecule has 0 aliphatic heterocycles. The first-order valence-electron chi connectivity index (χ1n) is 13.1. The second kappa shape index (κ2) is 14.7. The van der Waals surface area contributed by atoms with Gasteiger partial charge in [-0.05, 0) is 42.7 Å². The molecule has 1 N–H and O–H groups in total. The van der Waals surface area contributed by atoms with Crippen molar-refractivity contribution < 1.29 is 22.7 Å². The number of methoxy groups -OCH3 is 1. The minimum Gasteiger partial charge on any atom is -0.495 e. The average Bonchev–Trinajstić information content (AvgIpc) is 2.93. The molecule has 0 saturated heterocycles. The first-order chi connectivity index (χ1) is 19.1. The van der Waals surface area contributed by atoms with E-state index in [1.165, 1.54) is 17.5 Å². The van der Waals surface area contributed by atoms with Gasteiger partial charge in [0.25, 0.3) is 0 Å². The molecule has 3 aromatic rings. The lowest BCUT2D eigenvalue weighted by Gasteiger charge is -2.32. The van der Waals surface area contributed by atoms with Crippen LogP contribution in [-0.4, -0.2) is 57.6 Å². The van der Waals surface area contributed by atoms with Gasteiger partial charge in [0, 0.05) is 32.5 Å². The third-order valence-electron chi connectivity index (χ3n) is 6.39. The van der Waals surface area contributed by atoms with E-state index in [1.807, 2.05) is 67.6 Å². The molecule has 3 aromatic carbocycles. The van der Waals surface area contributed by atoms with Crippen LogP contribution in [0.5, 0.6) is 5.75 Å². The Labute approximate surface area is 241 Å². The van der Waals surface area contributed by atoms with E-state index in [0.717, 1.165) is 17.4 Å². The lowest BCUT2D eigenvalue weighted by Crippen LogP contribution is -2.50. The van der Waals surface area contributed by atoms with E-state index in [2.05, 4.69) is 5.32 Å². The van der Waals surface area contributed by atoms with Gasteiger partial charge >= 0.3 is 0 Å². The van der Waals surface area contributed by atoms with Gasteiger partial charge in [0.05, 0.1) is 24.1 Å². The molecule has 0 aliphatic rings. The number of halogens is 1. The highest BCUT2D eigenvalue weighted by Crippen LogP contribution is 2.30. The van der Waals surface area contributed by atoms with Crippen molar-refractivity contribution in [2.45, 2.75) is 38.8 Å². The molecule has 1 atom stereocenters. The number of anilines is 1. The molecule has 0 saturated carbocycles. The number of hydrogen-bond donors (Lipinski definition) is 1. The van der Waals surface area contributed by atoms with E-state index >= 15 is 0 Å². The zero-order valence-electron chi connectivity index (χ0n) is 23.0. The Morgan fingerprint density at radius 3 is 2.15 bits per heavy atom. The Balaban J connectivity index is 1.84. The van der Waals surface area contributed by atoms with Crippen LogP contribution in [0.1, 0.15) is 30.9 Å². The maximum absolute atomic E-state index is 13.7. The predicted molar refractivity (Wildman–Crippen MR) is 159 cm³/mol. The molecule has 40 heavy (non-hydrogen) atoms. The lowest BCUT2D eigenvalue weighted by molar-refractivity contribution is -0.141. The number of amides is 2. The number of hydrogen-bond acceptors (Lipinski definition) is 5. The van der Waals surface area contributed by atoms with Crippen molar-refractivity contribution in [3.05, 3.63) is 95.0 Å². The van der Waals surface area contributed by atoms with Gasteiger partial charge in [-0.2, -0.15) is 0 Å². The average molecular weight is 586 g/mol. The fourth-order valence-corrected chi connectivity index (χ4v) is 5.65. The van der Waals surface area contributed by atoms with Crippen molar-refractivity contribution in [3.8, 4) is 5.75 Å². The first-order valence-corrected chi connectivity index (χ1v) is 15.3. The maximum atomic E-state index is 13.7. The molecule has 2 amide bonds. The van der Waals surface area contributed by atoms with Crippen LogP contribution in [0.4, 0.5) is 5.69 Å². The fraction of sp³-hybridized carbons (Fsp3) is 0.333. The Morgan fingerprint density at radius 1 is 0.975 bits per heavy atom. The van der Waals surface area contributed by atoms with Crippen molar-refractivity contribution in [3.63, 3.8) is 0 Å². The summed E-state index contributed by atoms with van der Waals surface area (Å²) in [5.74, 6) is -0.0427. The molecule has 0 spiro atoms. The second-order valence-electron chi connectivity index (χ2n) is 9.36. The number of nitrogens with zero attached hydrogens (tertiary/aromatic N) is 2. The number of nitrogens with one attached hydrogen (secondary N) is 1. The van der Waals surface area contributed by atoms with Crippen molar-refractivity contribution >= 4 is 39.1 Å². The number of benzene rings is 3. The van der Waals surface area contributed by atoms with Gasteiger partial charge in [0.15, 0.2) is 0 Å². The monoisotopic (exact) mass is 585 g/mol. The van der Waals surface area contributed by atoms with Gasteiger partial charge in [-0.3, -0.25) is 13.9 Å². The van der Waals surface area contributed by atoms with E-state index in [4.69, 9.17) is 16.3 Å². The normalized spacial score (nSPS) is 11.9. The summed E-state index contributed by atoms with van der Waals surface area (Å²) < 4.78 is 31.6. The highest BCUT2D eigenvalue weighted by atomic mass is 35.5. The largest absolute Gasteiger partial charge is 0.495 e. The van der Waals surface area contributed by atoms with Crippen LogP contribution in [0.15, 0.2) is 78.9 Å². The zero-order valence-corrected chi connectivity index (χ0v) is 24.6. The van der Waals surface area contributed by atoms with Crippen molar-refractivity contribution in [1.82, 2.24) is 10.2 Å². The van der Waals surface area contributed by atoms with E-state index in [9.17, 15) is 18.0 Å². The summed E-state index contributed by atoms with van der Waals surface area (Å²) in [6, 6.07) is 23.1. The summed E-state index contributed by atoms with van der Waals surface area (Å²) in [5, 5.41) is 3.16. The highest BCUT2D eigenvalue weighted by Gasteiger charge is 2.30. The third kappa shape index (κ3) is 8.72. The Hall–Kier alpha value is -3.56. The minimum atomic E-state index is -3.65. The fourth-order valence-electron chi connectivity index (χ4n) is 4.44. The molecule has 214 valence electrons. The summed E-state index contributed by atoms with van der Waals surface area (Å²) in [4.78, 5) is 28.6. The Bertz CT molecular complexity index is 1370. The molecular weight excluding hydrogens is 550 g/mol. The Kier molecular flexibility index (Phi) is 11.4. The van der Waals surface area contributed by atoms with E-state index in [0.29, 0.717) is 24.4 Å². The van der Waals surface area contributed by atoms with Gasteiger partial charge < -0.3 is 15.0 Å². The van der Waals surface area contributed by atoms with Crippen LogP contribution in [-0.2, 0) is 32.6 Å². The molecule has 0 aromatic heterocycles. The van der Waals surface area contributed by atoms with Gasteiger partial charge in [0.2, 0.25) is 21.8 Å². The summed E-state index contributed by atoms with van der Waals surface area (Å²) in [6.45, 7) is 2.59. The molecule has 0 bridgehead atoms. The number of ether oxygens (including phenoxy) is 1. The number of carbonyl (C=O) groups is 2. The van der Waals surface area contributed by atoms with Gasteiger partial charge in [0.1, 0.15) is 11.8 Å². The molecule has 8 nitrogen and oxygen atoms in total. The van der Waals surface area contributed by atoms with Crippen LogP contribution in [0.25, 0.3) is 0 Å². The van der Waals surface area contributed by atoms with E-state index < -0.39 is 16.1 Å². The van der Waals surface area contributed by atoms with Crippen LogP contribution in [0.2, 0.25) is 5.02 Å². The van der Waals surface area contributed by atoms with Gasteiger partial charge in [-0.15, -0.1) is 0 Å². The minimum absolute atomic E-state index is 0.0490. The third-order valence-corrected chi connectivity index (χ3v) is 7.88. The Morgan fingerprint density at radius 2 is 1.60 bits per heavy atom. The van der Waals surface area contributed by atoms with Gasteiger partial charge in [-0.1, -0.05) is 72.3 Å². The van der Waals surface area contributed by atoms with Crippen LogP contribution < -0.4 is 14.4 Å². The zero-order chi connectivity index (χ0) is 29.1. The maximum Gasteiger partial charge on any atom is 0.243 e. The van der Waals surface area contributed by atoms with E-state index in [1.54, 1.807) is 17.0 Å². The summed E-state index contributed by atoms with van der Waals surface area (Å²) >= 11 is 6.24. The number of carbonyl (C=O) groups excluding carboxylic acids is 2. The lowest BCUT2D eigenvalue weighted by atomic mass is 10.0. The van der Waals surface area contributed by atoms with E-state index in [-0.39, 0.29) is 42.8 Å². The SMILES string of the molecule is CCNC(=O)C(Cc1ccccc1)N(Cc1ccccc1)C(=O)CCCN(c1ccc(OC)c(Cl)c1)S(C)(=O)=O. The molecule has 3 rings (SSSR count). The summed E-state index contributed by atoms with van der Waals surface area (Å²) in [6.07, 6.45) is 1.76. The predicted octanol–water partition coefficient (Wildman–Crippen LogP) is 4.67. The van der Waals surface area contributed by atoms with Crippen molar-refractivity contribution in [2.24, 2.45) is 0 Å². The molecule has 0 radical (unpaired) electrons. The quantitative estimate of drug-likeness (QED) is 0.297. The number of rotatable bonds is 14. The summed E-state index contributed by atoms with van der Waals surface area (Å²) in [7, 11) is -2.17. The molecule has 0 aliphatic carbocycles. The van der Waals surface area contributed by atoms with Crippen LogP contribution in [0, 0.1) is 0 Å². The second-order valence-corrected chi connectivity index (χ2v) is 11.7. The topological polar surface area (TPSA) is 96.0 Å². The number of likely N-dealkylation sites (N-methyl/N-ethyl adjacent to an activating group) is 1. The molecular formula is C30H36ClN3O5S. The molecule has 1 unspecified atom stereocenters. The standard InChI is InChI=1S/C30H36ClN3O5S/c1-4-32-30(36)27(20-23-12-7-5-8-13-23)33(22-24-14-9-6-10-15-24)29(35)16-11-19-34(40(3,37)38)25-17-18-28(39-2)26(31)21-25/h5-10,12-15,17-18,21,27H,4,11,16,19-20,22H2,1-3H3,(H,32,36). The highest BCUT2D eigenvalue weighted by molar-refractivity contribution is 7.92.